The Morgan fingerprint density at radius 3 is 2.35 bits per heavy atom. The third-order valence-electron chi connectivity index (χ3n) is 3.49. The summed E-state index contributed by atoms with van der Waals surface area (Å²) in [5, 5.41) is 9.70. The molecule has 1 aromatic carbocycles. The number of hydrogen-bond donors (Lipinski definition) is 1. The minimum absolute atomic E-state index is 0.0223. The molecule has 0 aliphatic heterocycles. The van der Waals surface area contributed by atoms with Crippen LogP contribution in [0.4, 0.5) is 0 Å². The monoisotopic (exact) mass is 353 g/mol. The number of benzene rings is 1. The summed E-state index contributed by atoms with van der Waals surface area (Å²) < 4.78 is 15.8. The van der Waals surface area contributed by atoms with Crippen LogP contribution >= 0.6 is 0 Å². The third kappa shape index (κ3) is 3.54. The van der Waals surface area contributed by atoms with Gasteiger partial charge in [0.25, 0.3) is 0 Å². The Labute approximate surface area is 149 Å². The fourth-order valence-electron chi connectivity index (χ4n) is 2.34. The van der Waals surface area contributed by atoms with Crippen molar-refractivity contribution in [3.05, 3.63) is 54.4 Å². The molecule has 1 N–H and O–H groups in total. The van der Waals surface area contributed by atoms with Crippen LogP contribution in [0, 0.1) is 0 Å². The van der Waals surface area contributed by atoms with Gasteiger partial charge in [0.15, 0.2) is 0 Å². The molecule has 0 bridgehead atoms. The van der Waals surface area contributed by atoms with Gasteiger partial charge in [0.1, 0.15) is 11.3 Å². The third-order valence-corrected chi connectivity index (χ3v) is 3.49. The molecule has 2 heterocycles. The number of aromatic nitrogens is 3. The van der Waals surface area contributed by atoms with Gasteiger partial charge >= 0.3 is 12.0 Å². The maximum absolute atomic E-state index is 11.9. The highest BCUT2D eigenvalue weighted by atomic mass is 16.5. The Morgan fingerprint density at radius 2 is 1.77 bits per heavy atom. The lowest BCUT2D eigenvalue weighted by molar-refractivity contribution is 0.0695. The van der Waals surface area contributed by atoms with Gasteiger partial charge in [0.2, 0.25) is 11.8 Å². The van der Waals surface area contributed by atoms with Gasteiger partial charge in [-0.15, -0.1) is 0 Å². The lowest BCUT2D eigenvalue weighted by Gasteiger charge is -2.12. The second-order valence-electron chi connectivity index (χ2n) is 5.06. The molecule has 0 radical (unpaired) electrons. The minimum atomic E-state index is -1.14. The van der Waals surface area contributed by atoms with Crippen molar-refractivity contribution in [2.45, 2.75) is 0 Å². The fraction of sp³-hybridized carbons (Fsp3) is 0.111. The number of methoxy groups -OCH3 is 2. The van der Waals surface area contributed by atoms with Crippen molar-refractivity contribution < 1.29 is 24.1 Å². The van der Waals surface area contributed by atoms with E-state index in [0.29, 0.717) is 11.1 Å². The number of aromatic carboxylic acids is 1. The Hall–Kier alpha value is -3.68. The zero-order valence-electron chi connectivity index (χ0n) is 14.0. The average Bonchev–Trinajstić information content (AvgIpc) is 2.68. The number of carboxylic acid groups (broad SMARTS) is 1. The molecule has 0 aliphatic carbocycles. The van der Waals surface area contributed by atoms with Crippen LogP contribution in [0.5, 0.6) is 23.5 Å². The summed E-state index contributed by atoms with van der Waals surface area (Å²) in [6.45, 7) is 0. The minimum Gasteiger partial charge on any atom is -0.481 e. The maximum Gasteiger partial charge on any atom is 0.340 e. The summed E-state index contributed by atoms with van der Waals surface area (Å²) in [5.41, 5.74) is 1.10. The summed E-state index contributed by atoms with van der Waals surface area (Å²) in [4.78, 5) is 24.0. The molecule has 132 valence electrons. The van der Waals surface area contributed by atoms with E-state index in [1.165, 1.54) is 26.4 Å². The molecule has 8 nitrogen and oxygen atoms in total. The molecular formula is C18H15N3O5. The van der Waals surface area contributed by atoms with Crippen LogP contribution < -0.4 is 14.2 Å². The molecule has 8 heteroatoms. The number of ether oxygens (including phenoxy) is 3. The molecule has 0 atom stereocenters. The fourth-order valence-corrected chi connectivity index (χ4v) is 2.34. The van der Waals surface area contributed by atoms with E-state index in [1.807, 2.05) is 0 Å². The highest BCUT2D eigenvalue weighted by molar-refractivity contribution is 5.99. The summed E-state index contributed by atoms with van der Waals surface area (Å²) >= 11 is 0. The molecule has 0 aliphatic rings. The van der Waals surface area contributed by atoms with E-state index in [9.17, 15) is 9.90 Å². The van der Waals surface area contributed by atoms with Crippen LogP contribution in [0.25, 0.3) is 11.1 Å². The summed E-state index contributed by atoms with van der Waals surface area (Å²) in [5.74, 6) is -0.595. The van der Waals surface area contributed by atoms with Gasteiger partial charge in [-0.3, -0.25) is 4.98 Å². The molecule has 3 aromatic rings. The molecule has 26 heavy (non-hydrogen) atoms. The topological polar surface area (TPSA) is 104 Å². The lowest BCUT2D eigenvalue weighted by Crippen LogP contribution is -2.05. The van der Waals surface area contributed by atoms with Crippen LogP contribution in [0.15, 0.2) is 48.8 Å². The van der Waals surface area contributed by atoms with Gasteiger partial charge in [0.05, 0.1) is 20.3 Å². The number of carboxylic acids is 1. The first kappa shape index (κ1) is 17.2. The highest BCUT2D eigenvalue weighted by Crippen LogP contribution is 2.33. The summed E-state index contributed by atoms with van der Waals surface area (Å²) in [6, 6.07) is 9.78. The zero-order chi connectivity index (χ0) is 18.5. The van der Waals surface area contributed by atoms with E-state index in [0.717, 1.165) is 0 Å². The van der Waals surface area contributed by atoms with Crippen molar-refractivity contribution >= 4 is 5.97 Å². The molecule has 0 saturated carbocycles. The highest BCUT2D eigenvalue weighted by Gasteiger charge is 2.20. The molecule has 0 fully saturated rings. The zero-order valence-corrected chi connectivity index (χ0v) is 14.0. The standard InChI is InChI=1S/C18H15N3O5/c1-24-14-9-15(25-2)21-18(20-14)26-13-7-3-6-12(16(13)17(22)23)11-5-4-8-19-10-11/h3-10H,1-2H3,(H,22,23). The van der Waals surface area contributed by atoms with Gasteiger partial charge in [-0.2, -0.15) is 9.97 Å². The van der Waals surface area contributed by atoms with Gasteiger partial charge in [-0.1, -0.05) is 18.2 Å². The van der Waals surface area contributed by atoms with E-state index in [-0.39, 0.29) is 29.1 Å². The number of carbonyl (C=O) groups is 1. The van der Waals surface area contributed by atoms with Gasteiger partial charge in [-0.05, 0) is 12.1 Å². The molecular weight excluding hydrogens is 338 g/mol. The van der Waals surface area contributed by atoms with Gasteiger partial charge in [0, 0.05) is 23.5 Å². The van der Waals surface area contributed by atoms with Crippen molar-refractivity contribution in [3.8, 4) is 34.6 Å². The van der Waals surface area contributed by atoms with Crippen molar-refractivity contribution in [1.29, 1.82) is 0 Å². The Morgan fingerprint density at radius 1 is 1.04 bits per heavy atom. The Kier molecular flexibility index (Phi) is 4.93. The van der Waals surface area contributed by atoms with Crippen molar-refractivity contribution in [2.24, 2.45) is 0 Å². The number of nitrogens with zero attached hydrogens (tertiary/aromatic N) is 3. The SMILES string of the molecule is COc1cc(OC)nc(Oc2cccc(-c3cccnc3)c2C(=O)O)n1. The van der Waals surface area contributed by atoms with Crippen molar-refractivity contribution in [1.82, 2.24) is 15.0 Å². The van der Waals surface area contributed by atoms with E-state index in [1.54, 1.807) is 36.7 Å². The second kappa shape index (κ2) is 7.47. The first-order valence-electron chi connectivity index (χ1n) is 7.54. The van der Waals surface area contributed by atoms with Crippen LogP contribution in [0.2, 0.25) is 0 Å². The lowest BCUT2D eigenvalue weighted by atomic mass is 10.0. The normalized spacial score (nSPS) is 10.2. The van der Waals surface area contributed by atoms with E-state index < -0.39 is 5.97 Å². The smallest absolute Gasteiger partial charge is 0.340 e. The first-order valence-corrected chi connectivity index (χ1v) is 7.54. The van der Waals surface area contributed by atoms with E-state index in [4.69, 9.17) is 14.2 Å². The average molecular weight is 353 g/mol. The predicted molar refractivity (Wildman–Crippen MR) is 91.8 cm³/mol. The molecule has 0 saturated heterocycles. The van der Waals surface area contributed by atoms with Crippen molar-refractivity contribution in [3.63, 3.8) is 0 Å². The molecule has 0 unspecified atom stereocenters. The van der Waals surface area contributed by atoms with Crippen LogP contribution in [-0.4, -0.2) is 40.2 Å². The van der Waals surface area contributed by atoms with Gasteiger partial charge < -0.3 is 19.3 Å². The number of pyridine rings is 1. The molecule has 0 amide bonds. The Bertz CT molecular complexity index is 909. The molecule has 2 aromatic heterocycles. The van der Waals surface area contributed by atoms with Crippen molar-refractivity contribution in [2.75, 3.05) is 14.2 Å². The van der Waals surface area contributed by atoms with Crippen LogP contribution in [0.3, 0.4) is 0 Å². The van der Waals surface area contributed by atoms with E-state index in [2.05, 4.69) is 15.0 Å². The van der Waals surface area contributed by atoms with Crippen LogP contribution in [0.1, 0.15) is 10.4 Å². The predicted octanol–water partition coefficient (Wildman–Crippen LogP) is 3.05. The van der Waals surface area contributed by atoms with Crippen LogP contribution in [-0.2, 0) is 0 Å². The maximum atomic E-state index is 11.9. The number of hydrogen-bond acceptors (Lipinski definition) is 7. The second-order valence-corrected chi connectivity index (χ2v) is 5.06. The first-order chi connectivity index (χ1) is 12.6. The summed E-state index contributed by atoms with van der Waals surface area (Å²) in [7, 11) is 2.88. The molecule has 0 spiro atoms. The number of rotatable bonds is 6. The molecule has 3 rings (SSSR count). The largest absolute Gasteiger partial charge is 0.481 e. The quantitative estimate of drug-likeness (QED) is 0.721. The van der Waals surface area contributed by atoms with Gasteiger partial charge in [-0.25, -0.2) is 4.79 Å². The van der Waals surface area contributed by atoms with E-state index >= 15 is 0 Å². The Balaban J connectivity index is 2.07. The summed E-state index contributed by atoms with van der Waals surface area (Å²) in [6.07, 6.45) is 3.19.